The minimum absolute atomic E-state index is 0.0887. The predicted molar refractivity (Wildman–Crippen MR) is 119 cm³/mol. The number of likely N-dealkylation sites (tertiary alicyclic amines) is 1. The Morgan fingerprint density at radius 2 is 1.88 bits per heavy atom. The largest absolute Gasteiger partial charge is 0.350 e. The third-order valence-corrected chi connectivity index (χ3v) is 7.84. The van der Waals surface area contributed by atoms with Crippen molar-refractivity contribution < 1.29 is 26.4 Å². The fraction of sp³-hybridized carbons (Fsp3) is 0.417. The molecule has 1 heterocycles. The average molecular weight is 492 g/mol. The number of amides is 1. The first-order valence-electron chi connectivity index (χ1n) is 10.9. The van der Waals surface area contributed by atoms with Gasteiger partial charge < -0.3 is 4.90 Å². The van der Waals surface area contributed by atoms with Crippen LogP contribution in [0.15, 0.2) is 48.5 Å². The lowest BCUT2D eigenvalue weighted by Gasteiger charge is -2.30. The molecule has 10 heteroatoms. The van der Waals surface area contributed by atoms with Crippen LogP contribution in [0.5, 0.6) is 0 Å². The van der Waals surface area contributed by atoms with Gasteiger partial charge in [0.25, 0.3) is 10.0 Å². The minimum atomic E-state index is -4.95. The van der Waals surface area contributed by atoms with Crippen LogP contribution in [0.4, 0.5) is 13.2 Å². The molecule has 3 atom stereocenters. The van der Waals surface area contributed by atoms with Crippen LogP contribution >= 0.6 is 0 Å². The van der Waals surface area contributed by atoms with Gasteiger partial charge in [-0.1, -0.05) is 48.5 Å². The van der Waals surface area contributed by atoms with Crippen molar-refractivity contribution in [1.29, 1.82) is 5.26 Å². The first-order valence-corrected chi connectivity index (χ1v) is 12.5. The van der Waals surface area contributed by atoms with E-state index in [0.717, 1.165) is 0 Å². The van der Waals surface area contributed by atoms with Crippen LogP contribution in [-0.4, -0.2) is 43.6 Å². The van der Waals surface area contributed by atoms with Crippen molar-refractivity contribution in [2.45, 2.75) is 44.0 Å². The summed E-state index contributed by atoms with van der Waals surface area (Å²) in [5.41, 5.74) is 0.510. The van der Waals surface area contributed by atoms with Crippen molar-refractivity contribution in [3.05, 3.63) is 59.9 Å². The first-order chi connectivity index (χ1) is 16.1. The van der Waals surface area contributed by atoms with Crippen molar-refractivity contribution in [3.63, 3.8) is 0 Å². The predicted octanol–water partition coefficient (Wildman–Crippen LogP) is 3.70. The van der Waals surface area contributed by atoms with Crippen molar-refractivity contribution in [1.82, 2.24) is 9.62 Å². The summed E-state index contributed by atoms with van der Waals surface area (Å²) in [6, 6.07) is 13.6. The van der Waals surface area contributed by atoms with Crippen LogP contribution in [0.1, 0.15) is 25.3 Å². The molecular weight excluding hydrogens is 467 g/mol. The maximum absolute atomic E-state index is 15.6. The third-order valence-electron chi connectivity index (χ3n) is 6.79. The Morgan fingerprint density at radius 1 is 1.21 bits per heavy atom. The smallest absolute Gasteiger partial charge is 0.336 e. The van der Waals surface area contributed by atoms with Crippen molar-refractivity contribution in [3.8, 4) is 17.2 Å². The molecule has 0 bridgehead atoms. The SMILES string of the molecule is C[C@H](C#N)C(=O)N1CC2(CC2)[C@H](NS(=O)(=O)C(F)F)[C@@H]1Cc1cccc(-c2ccccc2)c1F. The Kier molecular flexibility index (Phi) is 6.44. The quantitative estimate of drug-likeness (QED) is 0.640. The number of nitriles is 1. The molecule has 2 aromatic rings. The molecule has 1 aliphatic carbocycles. The average Bonchev–Trinajstić information content (AvgIpc) is 3.55. The molecule has 1 saturated heterocycles. The van der Waals surface area contributed by atoms with E-state index >= 15 is 4.39 Å². The number of nitrogens with one attached hydrogen (secondary N) is 1. The summed E-state index contributed by atoms with van der Waals surface area (Å²) >= 11 is 0. The van der Waals surface area contributed by atoms with Crippen molar-refractivity contribution >= 4 is 15.9 Å². The molecule has 1 saturated carbocycles. The van der Waals surface area contributed by atoms with Gasteiger partial charge in [-0.3, -0.25) is 4.79 Å². The highest BCUT2D eigenvalue weighted by atomic mass is 32.2. The number of benzene rings is 2. The molecular formula is C24H24F3N3O3S. The second-order valence-electron chi connectivity index (χ2n) is 9.00. The van der Waals surface area contributed by atoms with E-state index < -0.39 is 50.9 Å². The Balaban J connectivity index is 1.74. The third kappa shape index (κ3) is 4.42. The summed E-state index contributed by atoms with van der Waals surface area (Å²) in [4.78, 5) is 14.4. The fourth-order valence-corrected chi connectivity index (χ4v) is 5.65. The highest BCUT2D eigenvalue weighted by Crippen LogP contribution is 2.56. The number of hydrogen-bond donors (Lipinski definition) is 1. The molecule has 1 spiro atoms. The second-order valence-corrected chi connectivity index (χ2v) is 10.7. The van der Waals surface area contributed by atoms with E-state index in [1.54, 1.807) is 42.5 Å². The summed E-state index contributed by atoms with van der Waals surface area (Å²) in [7, 11) is -4.95. The van der Waals surface area contributed by atoms with Crippen LogP contribution < -0.4 is 4.72 Å². The van der Waals surface area contributed by atoms with E-state index in [1.165, 1.54) is 17.9 Å². The summed E-state index contributed by atoms with van der Waals surface area (Å²) in [6.45, 7) is 1.55. The standard InChI is InChI=1S/C24H24F3N3O3S/c1-15(13-28)22(31)30-14-24(10-11-24)21(29-34(32,33)23(26)27)19(30)12-17-8-5-9-18(20(17)25)16-6-3-2-4-7-16/h2-9,15,19,21,23,29H,10-12,14H2,1H3/t15-,19+,21-/m1/s1. The number of alkyl halides is 2. The van der Waals surface area contributed by atoms with Gasteiger partial charge in [0, 0.05) is 23.6 Å². The van der Waals surface area contributed by atoms with Gasteiger partial charge in [0.1, 0.15) is 11.7 Å². The minimum Gasteiger partial charge on any atom is -0.336 e. The second kappa shape index (κ2) is 9.04. The van der Waals surface area contributed by atoms with Crippen LogP contribution in [0.25, 0.3) is 11.1 Å². The van der Waals surface area contributed by atoms with Crippen molar-refractivity contribution in [2.24, 2.45) is 11.3 Å². The highest BCUT2D eigenvalue weighted by molar-refractivity contribution is 7.89. The summed E-state index contributed by atoms with van der Waals surface area (Å²) in [6.07, 6.45) is 0.989. The Hall–Kier alpha value is -2.90. The van der Waals surface area contributed by atoms with E-state index in [4.69, 9.17) is 0 Å². The molecule has 1 aliphatic heterocycles. The molecule has 1 amide bonds. The zero-order valence-corrected chi connectivity index (χ0v) is 19.2. The fourth-order valence-electron chi connectivity index (χ4n) is 4.78. The normalized spacial score (nSPS) is 22.1. The lowest BCUT2D eigenvalue weighted by molar-refractivity contribution is -0.134. The van der Waals surface area contributed by atoms with Gasteiger partial charge in [-0.15, -0.1) is 0 Å². The summed E-state index contributed by atoms with van der Waals surface area (Å²) in [5.74, 6) is -5.70. The summed E-state index contributed by atoms with van der Waals surface area (Å²) in [5, 5.41) is 9.25. The van der Waals surface area contributed by atoms with Gasteiger partial charge in [0.05, 0.1) is 12.1 Å². The number of carbonyl (C=O) groups is 1. The van der Waals surface area contributed by atoms with Gasteiger partial charge in [0.2, 0.25) is 5.91 Å². The Bertz CT molecular complexity index is 1230. The van der Waals surface area contributed by atoms with E-state index in [9.17, 15) is 27.3 Å². The molecule has 0 unspecified atom stereocenters. The number of carbonyl (C=O) groups excluding carboxylic acids is 1. The maximum Gasteiger partial charge on any atom is 0.350 e. The molecule has 2 aliphatic rings. The lowest BCUT2D eigenvalue weighted by Crippen LogP contribution is -2.51. The van der Waals surface area contributed by atoms with Gasteiger partial charge >= 0.3 is 5.76 Å². The van der Waals surface area contributed by atoms with Crippen LogP contribution in [0.3, 0.4) is 0 Å². The highest BCUT2D eigenvalue weighted by Gasteiger charge is 2.62. The number of nitrogens with zero attached hydrogens (tertiary/aromatic N) is 2. The number of sulfonamides is 1. The van der Waals surface area contributed by atoms with Gasteiger partial charge in [-0.25, -0.2) is 17.5 Å². The Morgan fingerprint density at radius 3 is 2.47 bits per heavy atom. The molecule has 1 N–H and O–H groups in total. The van der Waals surface area contributed by atoms with Gasteiger partial charge in [-0.2, -0.15) is 14.0 Å². The van der Waals surface area contributed by atoms with E-state index in [2.05, 4.69) is 4.72 Å². The number of rotatable bonds is 7. The van der Waals surface area contributed by atoms with E-state index in [1.807, 2.05) is 6.07 Å². The molecule has 2 aromatic carbocycles. The Labute approximate surface area is 196 Å². The molecule has 4 rings (SSSR count). The molecule has 6 nitrogen and oxygen atoms in total. The van der Waals surface area contributed by atoms with E-state index in [0.29, 0.717) is 24.0 Å². The van der Waals surface area contributed by atoms with Gasteiger partial charge in [0.15, 0.2) is 0 Å². The molecule has 34 heavy (non-hydrogen) atoms. The van der Waals surface area contributed by atoms with Crippen LogP contribution in [0.2, 0.25) is 0 Å². The molecule has 2 fully saturated rings. The van der Waals surface area contributed by atoms with Crippen molar-refractivity contribution in [2.75, 3.05) is 6.54 Å². The van der Waals surface area contributed by atoms with Crippen LogP contribution in [-0.2, 0) is 21.2 Å². The zero-order valence-electron chi connectivity index (χ0n) is 18.4. The lowest BCUT2D eigenvalue weighted by atomic mass is 9.91. The van der Waals surface area contributed by atoms with Gasteiger partial charge in [-0.05, 0) is 37.3 Å². The zero-order chi connectivity index (χ0) is 24.7. The number of hydrogen-bond acceptors (Lipinski definition) is 4. The number of halogens is 3. The molecule has 0 aromatic heterocycles. The van der Waals surface area contributed by atoms with E-state index in [-0.39, 0.29) is 18.5 Å². The first kappa shape index (κ1) is 24.2. The topological polar surface area (TPSA) is 90.3 Å². The maximum atomic E-state index is 15.6. The molecule has 180 valence electrons. The molecule has 0 radical (unpaired) electrons. The van der Waals surface area contributed by atoms with Crippen LogP contribution in [0, 0.1) is 28.5 Å². The summed E-state index contributed by atoms with van der Waals surface area (Å²) < 4.78 is 68.2. The monoisotopic (exact) mass is 491 g/mol.